The Morgan fingerprint density at radius 1 is 1.31 bits per heavy atom. The minimum absolute atomic E-state index is 0.252. The van der Waals surface area contributed by atoms with E-state index in [9.17, 15) is 4.79 Å². The smallest absolute Gasteiger partial charge is 0.277 e. The van der Waals surface area contributed by atoms with E-state index in [0.717, 1.165) is 17.1 Å². The van der Waals surface area contributed by atoms with E-state index in [4.69, 9.17) is 5.84 Å². The van der Waals surface area contributed by atoms with E-state index >= 15 is 0 Å². The molecule has 3 N–H and O–H groups in total. The third-order valence-electron chi connectivity index (χ3n) is 2.49. The molecule has 2 heterocycles. The molecule has 0 saturated carbocycles. The Bertz CT molecular complexity index is 508. The van der Waals surface area contributed by atoms with E-state index in [-0.39, 0.29) is 5.91 Å². The standard InChI is InChI=1S/C11H13N3OS/c1-7-3-4-8(2)14(7)9-5-6-16-10(9)11(15)13-12/h3-6H,12H2,1-2H3,(H,13,15). The molecule has 0 aliphatic heterocycles. The molecule has 0 unspecified atom stereocenters. The number of thiophene rings is 1. The zero-order chi connectivity index (χ0) is 11.7. The summed E-state index contributed by atoms with van der Waals surface area (Å²) in [5.74, 6) is 4.91. The highest BCUT2D eigenvalue weighted by Crippen LogP contribution is 2.24. The van der Waals surface area contributed by atoms with Crippen molar-refractivity contribution in [1.29, 1.82) is 0 Å². The number of nitrogens with zero attached hydrogens (tertiary/aromatic N) is 1. The summed E-state index contributed by atoms with van der Waals surface area (Å²) in [5, 5.41) is 1.89. The largest absolute Gasteiger partial charge is 0.317 e. The molecule has 2 aromatic rings. The highest BCUT2D eigenvalue weighted by molar-refractivity contribution is 7.12. The van der Waals surface area contributed by atoms with Gasteiger partial charge < -0.3 is 4.57 Å². The van der Waals surface area contributed by atoms with E-state index in [1.54, 1.807) is 0 Å². The van der Waals surface area contributed by atoms with Gasteiger partial charge >= 0.3 is 0 Å². The van der Waals surface area contributed by atoms with E-state index < -0.39 is 0 Å². The Morgan fingerprint density at radius 3 is 2.50 bits per heavy atom. The summed E-state index contributed by atoms with van der Waals surface area (Å²) in [4.78, 5) is 12.2. The van der Waals surface area contributed by atoms with Crippen LogP contribution in [0.4, 0.5) is 0 Å². The third-order valence-corrected chi connectivity index (χ3v) is 3.40. The number of hydrazine groups is 1. The number of amides is 1. The molecule has 0 saturated heterocycles. The zero-order valence-electron chi connectivity index (χ0n) is 9.15. The summed E-state index contributed by atoms with van der Waals surface area (Å²) in [6.07, 6.45) is 0. The molecule has 0 spiro atoms. The Balaban J connectivity index is 2.57. The first kappa shape index (κ1) is 10.9. The van der Waals surface area contributed by atoms with Crippen molar-refractivity contribution in [3.8, 4) is 5.69 Å². The summed E-state index contributed by atoms with van der Waals surface area (Å²) in [5.41, 5.74) is 5.25. The van der Waals surface area contributed by atoms with Crippen LogP contribution in [0.1, 0.15) is 21.1 Å². The van der Waals surface area contributed by atoms with Gasteiger partial charge in [-0.25, -0.2) is 5.84 Å². The van der Waals surface area contributed by atoms with Gasteiger partial charge in [0.1, 0.15) is 4.88 Å². The molecule has 2 rings (SSSR count). The molecule has 5 heteroatoms. The Kier molecular flexibility index (Phi) is 2.80. The first-order valence-electron chi connectivity index (χ1n) is 4.89. The SMILES string of the molecule is Cc1ccc(C)n1-c1ccsc1C(=O)NN. The lowest BCUT2D eigenvalue weighted by molar-refractivity contribution is 0.0957. The van der Waals surface area contributed by atoms with Gasteiger partial charge in [-0.05, 0) is 37.4 Å². The van der Waals surface area contributed by atoms with E-state index in [2.05, 4.69) is 5.43 Å². The second-order valence-corrected chi connectivity index (χ2v) is 4.48. The Morgan fingerprint density at radius 2 is 1.94 bits per heavy atom. The summed E-state index contributed by atoms with van der Waals surface area (Å²) >= 11 is 1.38. The molecule has 4 nitrogen and oxygen atoms in total. The summed E-state index contributed by atoms with van der Waals surface area (Å²) in [6.45, 7) is 4.02. The van der Waals surface area contributed by atoms with Crippen LogP contribution in [0.2, 0.25) is 0 Å². The summed E-state index contributed by atoms with van der Waals surface area (Å²) in [7, 11) is 0. The first-order valence-corrected chi connectivity index (χ1v) is 5.77. The Labute approximate surface area is 97.7 Å². The van der Waals surface area contributed by atoms with Crippen molar-refractivity contribution in [2.45, 2.75) is 13.8 Å². The molecule has 0 atom stereocenters. The van der Waals surface area contributed by atoms with Gasteiger partial charge in [0.25, 0.3) is 5.91 Å². The maximum Gasteiger partial charge on any atom is 0.277 e. The molecule has 0 bridgehead atoms. The number of hydrogen-bond acceptors (Lipinski definition) is 3. The van der Waals surface area contributed by atoms with Gasteiger partial charge in [0.05, 0.1) is 5.69 Å². The number of aromatic nitrogens is 1. The van der Waals surface area contributed by atoms with Gasteiger partial charge in [-0.15, -0.1) is 11.3 Å². The van der Waals surface area contributed by atoms with E-state index in [0.29, 0.717) is 4.88 Å². The lowest BCUT2D eigenvalue weighted by Gasteiger charge is -2.09. The van der Waals surface area contributed by atoms with Crippen LogP contribution < -0.4 is 11.3 Å². The quantitative estimate of drug-likeness (QED) is 0.473. The van der Waals surface area contributed by atoms with Gasteiger partial charge in [0, 0.05) is 11.4 Å². The van der Waals surface area contributed by atoms with Crippen LogP contribution in [-0.2, 0) is 0 Å². The lowest BCUT2D eigenvalue weighted by Crippen LogP contribution is -2.30. The number of carbonyl (C=O) groups excluding carboxylic acids is 1. The average Bonchev–Trinajstić information content (AvgIpc) is 2.84. The number of rotatable bonds is 2. The molecule has 0 aromatic carbocycles. The lowest BCUT2D eigenvalue weighted by atomic mass is 10.3. The van der Waals surface area contributed by atoms with Gasteiger partial charge in [-0.3, -0.25) is 10.2 Å². The van der Waals surface area contributed by atoms with Crippen LogP contribution in [-0.4, -0.2) is 10.5 Å². The van der Waals surface area contributed by atoms with Crippen molar-refractivity contribution in [1.82, 2.24) is 9.99 Å². The fraction of sp³-hybridized carbons (Fsp3) is 0.182. The van der Waals surface area contributed by atoms with Crippen LogP contribution in [0.15, 0.2) is 23.6 Å². The van der Waals surface area contributed by atoms with Crippen molar-refractivity contribution in [3.05, 3.63) is 39.8 Å². The monoisotopic (exact) mass is 235 g/mol. The molecular formula is C11H13N3OS. The third kappa shape index (κ3) is 1.64. The maximum atomic E-state index is 11.6. The second kappa shape index (κ2) is 4.11. The number of nitrogens with two attached hydrogens (primary N) is 1. The van der Waals surface area contributed by atoms with Crippen LogP contribution in [0.5, 0.6) is 0 Å². The molecule has 16 heavy (non-hydrogen) atoms. The van der Waals surface area contributed by atoms with Crippen molar-refractivity contribution >= 4 is 17.2 Å². The van der Waals surface area contributed by atoms with Gasteiger partial charge in [0.15, 0.2) is 0 Å². The minimum atomic E-state index is -0.252. The molecule has 1 amide bonds. The molecule has 0 aliphatic rings. The van der Waals surface area contributed by atoms with Crippen LogP contribution >= 0.6 is 11.3 Å². The first-order chi connectivity index (χ1) is 7.65. The predicted molar refractivity (Wildman–Crippen MR) is 64.8 cm³/mol. The van der Waals surface area contributed by atoms with Crippen molar-refractivity contribution in [2.75, 3.05) is 0 Å². The zero-order valence-corrected chi connectivity index (χ0v) is 9.97. The maximum absolute atomic E-state index is 11.6. The predicted octanol–water partition coefficient (Wildman–Crippen LogP) is 1.76. The van der Waals surface area contributed by atoms with Crippen LogP contribution in [0.3, 0.4) is 0 Å². The molecule has 2 aromatic heterocycles. The topological polar surface area (TPSA) is 60.0 Å². The number of nitrogen functional groups attached to an aromatic ring is 1. The number of hydrogen-bond donors (Lipinski definition) is 2. The highest BCUT2D eigenvalue weighted by Gasteiger charge is 2.15. The Hall–Kier alpha value is -1.59. The average molecular weight is 235 g/mol. The number of carbonyl (C=O) groups is 1. The number of nitrogens with one attached hydrogen (secondary N) is 1. The number of aryl methyl sites for hydroxylation is 2. The van der Waals surface area contributed by atoms with Gasteiger partial charge in [0.2, 0.25) is 0 Å². The fourth-order valence-electron chi connectivity index (χ4n) is 1.76. The van der Waals surface area contributed by atoms with E-state index in [1.165, 1.54) is 11.3 Å². The molecule has 0 radical (unpaired) electrons. The van der Waals surface area contributed by atoms with Crippen molar-refractivity contribution < 1.29 is 4.79 Å². The van der Waals surface area contributed by atoms with Crippen molar-refractivity contribution in [2.24, 2.45) is 5.84 Å². The van der Waals surface area contributed by atoms with E-state index in [1.807, 2.05) is 42.0 Å². The fourth-order valence-corrected chi connectivity index (χ4v) is 2.54. The van der Waals surface area contributed by atoms with Crippen molar-refractivity contribution in [3.63, 3.8) is 0 Å². The van der Waals surface area contributed by atoms with Gasteiger partial charge in [-0.1, -0.05) is 0 Å². The minimum Gasteiger partial charge on any atom is -0.317 e. The van der Waals surface area contributed by atoms with Crippen LogP contribution in [0.25, 0.3) is 5.69 Å². The second-order valence-electron chi connectivity index (χ2n) is 3.56. The van der Waals surface area contributed by atoms with Gasteiger partial charge in [-0.2, -0.15) is 0 Å². The molecule has 0 aliphatic carbocycles. The summed E-state index contributed by atoms with van der Waals surface area (Å²) in [6, 6.07) is 5.98. The summed E-state index contributed by atoms with van der Waals surface area (Å²) < 4.78 is 2.04. The normalized spacial score (nSPS) is 10.4. The molecule has 0 fully saturated rings. The molecular weight excluding hydrogens is 222 g/mol. The highest BCUT2D eigenvalue weighted by atomic mass is 32.1. The molecule has 84 valence electrons. The van der Waals surface area contributed by atoms with Crippen LogP contribution in [0, 0.1) is 13.8 Å².